The van der Waals surface area contributed by atoms with E-state index in [0.717, 1.165) is 28.1 Å². The maximum atomic E-state index is 11.1. The van der Waals surface area contributed by atoms with Gasteiger partial charge in [0.05, 0.1) is 10.6 Å². The van der Waals surface area contributed by atoms with Gasteiger partial charge < -0.3 is 14.8 Å². The van der Waals surface area contributed by atoms with E-state index in [4.69, 9.17) is 11.6 Å². The minimum Gasteiger partial charge on any atom is -0.504 e. The molecular weight excluding hydrogens is 370 g/mol. The van der Waals surface area contributed by atoms with Gasteiger partial charge in [0.25, 0.3) is 0 Å². The molecule has 3 rings (SSSR count). The predicted octanol–water partition coefficient (Wildman–Crippen LogP) is 4.65. The molecule has 2 aromatic heterocycles. The molecule has 0 amide bonds. The second-order valence-electron chi connectivity index (χ2n) is 6.40. The molecule has 0 aliphatic heterocycles. The Kier molecular flexibility index (Phi) is 4.57. The van der Waals surface area contributed by atoms with Crippen molar-refractivity contribution >= 4 is 17.3 Å². The van der Waals surface area contributed by atoms with E-state index >= 15 is 0 Å². The number of halogens is 1. The Morgan fingerprint density at radius 3 is 2.37 bits per heavy atom. The van der Waals surface area contributed by atoms with Crippen LogP contribution < -0.4 is 0 Å². The average Bonchev–Trinajstić information content (AvgIpc) is 2.96. The Balaban J connectivity index is 2.22. The fourth-order valence-electron chi connectivity index (χ4n) is 3.14. The fraction of sp³-hybridized carbons (Fsp3) is 0.211. The average molecular weight is 388 g/mol. The van der Waals surface area contributed by atoms with Crippen LogP contribution in [0.2, 0.25) is 5.15 Å². The molecule has 0 saturated heterocycles. The van der Waals surface area contributed by atoms with E-state index in [2.05, 4.69) is 4.98 Å². The summed E-state index contributed by atoms with van der Waals surface area (Å²) in [5, 5.41) is 31.1. The first-order valence-electron chi connectivity index (χ1n) is 8.13. The second-order valence-corrected chi connectivity index (χ2v) is 6.75. The summed E-state index contributed by atoms with van der Waals surface area (Å²) in [7, 11) is 1.80. The van der Waals surface area contributed by atoms with Crippen LogP contribution in [0.4, 0.5) is 5.69 Å². The normalized spacial score (nSPS) is 11.0. The van der Waals surface area contributed by atoms with Crippen LogP contribution in [0.15, 0.2) is 24.3 Å². The summed E-state index contributed by atoms with van der Waals surface area (Å²) in [5.74, 6) is -1.31. The summed E-state index contributed by atoms with van der Waals surface area (Å²) < 4.78 is 1.82. The number of hydrogen-bond donors (Lipinski definition) is 2. The number of phenols is 2. The van der Waals surface area contributed by atoms with Crippen LogP contribution in [0.25, 0.3) is 22.5 Å². The standard InChI is InChI=1S/C19H18ClN3O4/c1-9-10(2)17(19(20)21-11(9)3)14-6-5-13(22(14)4)12-7-15(23(26)27)18(25)16(24)8-12/h5-8,24-25H,1-4H3. The quantitative estimate of drug-likeness (QED) is 0.295. The Morgan fingerprint density at radius 2 is 1.74 bits per heavy atom. The summed E-state index contributed by atoms with van der Waals surface area (Å²) >= 11 is 6.39. The van der Waals surface area contributed by atoms with Crippen LogP contribution in [-0.4, -0.2) is 24.7 Å². The molecule has 27 heavy (non-hydrogen) atoms. The molecule has 0 bridgehead atoms. The van der Waals surface area contributed by atoms with Gasteiger partial charge in [-0.15, -0.1) is 0 Å². The van der Waals surface area contributed by atoms with Gasteiger partial charge in [-0.3, -0.25) is 10.1 Å². The van der Waals surface area contributed by atoms with Gasteiger partial charge in [0.1, 0.15) is 5.15 Å². The zero-order valence-corrected chi connectivity index (χ0v) is 16.0. The maximum absolute atomic E-state index is 11.1. The first-order valence-corrected chi connectivity index (χ1v) is 8.51. The molecule has 0 unspecified atom stereocenters. The minimum atomic E-state index is -0.754. The molecule has 0 spiro atoms. The molecule has 7 nitrogen and oxygen atoms in total. The molecule has 0 radical (unpaired) electrons. The van der Waals surface area contributed by atoms with Gasteiger partial charge in [-0.2, -0.15) is 0 Å². The molecular formula is C19H18ClN3O4. The van der Waals surface area contributed by atoms with Gasteiger partial charge in [0.2, 0.25) is 5.75 Å². The summed E-state index contributed by atoms with van der Waals surface area (Å²) in [6, 6.07) is 6.13. The van der Waals surface area contributed by atoms with E-state index in [1.54, 1.807) is 13.1 Å². The molecule has 0 aliphatic rings. The largest absolute Gasteiger partial charge is 0.504 e. The number of nitro benzene ring substituents is 1. The minimum absolute atomic E-state index is 0.378. The number of hydrogen-bond acceptors (Lipinski definition) is 5. The third-order valence-corrected chi connectivity index (χ3v) is 5.17. The van der Waals surface area contributed by atoms with Gasteiger partial charge in [-0.1, -0.05) is 11.6 Å². The van der Waals surface area contributed by atoms with Crippen molar-refractivity contribution < 1.29 is 15.1 Å². The van der Waals surface area contributed by atoms with Crippen molar-refractivity contribution in [3.8, 4) is 34.0 Å². The Bertz CT molecular complexity index is 1090. The topological polar surface area (TPSA) is 101 Å². The molecule has 3 aromatic rings. The van der Waals surface area contributed by atoms with E-state index in [9.17, 15) is 20.3 Å². The third kappa shape index (κ3) is 3.00. The zero-order chi connectivity index (χ0) is 20.0. The highest BCUT2D eigenvalue weighted by Gasteiger charge is 2.22. The van der Waals surface area contributed by atoms with Gasteiger partial charge >= 0.3 is 5.69 Å². The van der Waals surface area contributed by atoms with Crippen molar-refractivity contribution in [2.45, 2.75) is 20.8 Å². The number of nitrogens with zero attached hydrogens (tertiary/aromatic N) is 3. The summed E-state index contributed by atoms with van der Waals surface area (Å²) in [6.45, 7) is 5.84. The highest BCUT2D eigenvalue weighted by atomic mass is 35.5. The highest BCUT2D eigenvalue weighted by molar-refractivity contribution is 6.32. The van der Waals surface area contributed by atoms with E-state index in [1.165, 1.54) is 12.1 Å². The van der Waals surface area contributed by atoms with Crippen LogP contribution in [0.3, 0.4) is 0 Å². The molecule has 8 heteroatoms. The van der Waals surface area contributed by atoms with E-state index < -0.39 is 22.1 Å². The zero-order valence-electron chi connectivity index (χ0n) is 15.2. The predicted molar refractivity (Wildman–Crippen MR) is 103 cm³/mol. The lowest BCUT2D eigenvalue weighted by Gasteiger charge is -2.15. The Labute approximate surface area is 160 Å². The van der Waals surface area contributed by atoms with Crippen molar-refractivity contribution in [2.75, 3.05) is 0 Å². The molecule has 0 fully saturated rings. The second kappa shape index (κ2) is 6.59. The highest BCUT2D eigenvalue weighted by Crippen LogP contribution is 2.41. The van der Waals surface area contributed by atoms with Crippen LogP contribution in [0, 0.1) is 30.9 Å². The summed E-state index contributed by atoms with van der Waals surface area (Å²) in [5.41, 5.74) is 4.93. The van der Waals surface area contributed by atoms with Gasteiger partial charge in [-0.05, 0) is 50.1 Å². The van der Waals surface area contributed by atoms with Crippen LogP contribution in [0.1, 0.15) is 16.8 Å². The number of aryl methyl sites for hydroxylation is 1. The molecule has 140 valence electrons. The Morgan fingerprint density at radius 1 is 1.11 bits per heavy atom. The van der Waals surface area contributed by atoms with Crippen molar-refractivity contribution in [2.24, 2.45) is 7.05 Å². The number of phenolic OH excluding ortho intramolecular Hbond substituents is 2. The van der Waals surface area contributed by atoms with Crippen LogP contribution >= 0.6 is 11.6 Å². The van der Waals surface area contributed by atoms with Crippen LogP contribution in [-0.2, 0) is 7.05 Å². The monoisotopic (exact) mass is 387 g/mol. The molecule has 2 heterocycles. The number of benzene rings is 1. The number of pyridine rings is 1. The van der Waals surface area contributed by atoms with Crippen molar-refractivity contribution in [1.29, 1.82) is 0 Å². The SMILES string of the molecule is Cc1nc(Cl)c(-c2ccc(-c3cc(O)c(O)c([N+](=O)[O-])c3)n2C)c(C)c1C. The van der Waals surface area contributed by atoms with E-state index in [1.807, 2.05) is 31.4 Å². The van der Waals surface area contributed by atoms with E-state index in [0.29, 0.717) is 16.4 Å². The Hall–Kier alpha value is -3.06. The van der Waals surface area contributed by atoms with Crippen molar-refractivity contribution in [3.63, 3.8) is 0 Å². The van der Waals surface area contributed by atoms with Gasteiger partial charge in [-0.25, -0.2) is 4.98 Å². The van der Waals surface area contributed by atoms with Crippen molar-refractivity contribution in [3.05, 3.63) is 56.4 Å². The fourth-order valence-corrected chi connectivity index (χ4v) is 3.51. The lowest BCUT2D eigenvalue weighted by Crippen LogP contribution is -2.01. The van der Waals surface area contributed by atoms with Gasteiger partial charge in [0, 0.05) is 35.6 Å². The lowest BCUT2D eigenvalue weighted by atomic mass is 10.0. The molecule has 0 saturated carbocycles. The number of aromatic hydroxyl groups is 2. The summed E-state index contributed by atoms with van der Waals surface area (Å²) in [6.07, 6.45) is 0. The number of aromatic nitrogens is 2. The number of nitro groups is 1. The maximum Gasteiger partial charge on any atom is 0.315 e. The van der Waals surface area contributed by atoms with Crippen molar-refractivity contribution in [1.82, 2.24) is 9.55 Å². The van der Waals surface area contributed by atoms with E-state index in [-0.39, 0.29) is 0 Å². The first-order chi connectivity index (χ1) is 12.6. The molecule has 1 aromatic carbocycles. The summed E-state index contributed by atoms with van der Waals surface area (Å²) in [4.78, 5) is 14.8. The molecule has 0 atom stereocenters. The molecule has 2 N–H and O–H groups in total. The lowest BCUT2D eigenvalue weighted by molar-refractivity contribution is -0.385. The smallest absolute Gasteiger partial charge is 0.315 e. The molecule has 0 aliphatic carbocycles. The van der Waals surface area contributed by atoms with Gasteiger partial charge in [0.15, 0.2) is 5.75 Å². The van der Waals surface area contributed by atoms with Crippen LogP contribution in [0.5, 0.6) is 11.5 Å². The number of rotatable bonds is 3. The first kappa shape index (κ1) is 18.7. The third-order valence-electron chi connectivity index (χ3n) is 4.89.